The number of fused-ring (bicyclic) bond motifs is 1. The first-order valence-corrected chi connectivity index (χ1v) is 6.96. The van der Waals surface area contributed by atoms with Crippen molar-refractivity contribution < 1.29 is 13.2 Å². The Morgan fingerprint density at radius 1 is 1.09 bits per heavy atom. The van der Waals surface area contributed by atoms with Crippen molar-refractivity contribution in [2.45, 2.75) is 32.4 Å². The Labute approximate surface area is 145 Å². The standard InChI is InChI=1S/C16H15F3N2.2ClH/c1-10-5-6-12-9-15(21-20-14(12)7-10)11-3-2-4-13(8-11)16(17,18)19;;/h2-4,8-10H,5-7H2,1H3;2*1H. The van der Waals surface area contributed by atoms with Gasteiger partial charge in [0.05, 0.1) is 17.0 Å². The molecule has 0 amide bonds. The SMILES string of the molecule is CC1CCc2cc(-c3cccc(C(F)(F)F)c3)nnc2C1.Cl.Cl. The second-order valence-corrected chi connectivity index (χ2v) is 5.63. The van der Waals surface area contributed by atoms with Crippen LogP contribution in [0.1, 0.15) is 30.2 Å². The highest BCUT2D eigenvalue weighted by Gasteiger charge is 2.30. The van der Waals surface area contributed by atoms with Crippen molar-refractivity contribution in [1.82, 2.24) is 10.2 Å². The van der Waals surface area contributed by atoms with Crippen molar-refractivity contribution in [1.29, 1.82) is 0 Å². The average molecular weight is 365 g/mol. The molecule has 0 N–H and O–H groups in total. The normalized spacial score (nSPS) is 16.8. The molecule has 1 aliphatic rings. The van der Waals surface area contributed by atoms with E-state index in [0.29, 0.717) is 17.2 Å². The number of aromatic nitrogens is 2. The molecule has 1 aromatic carbocycles. The van der Waals surface area contributed by atoms with Gasteiger partial charge in [-0.2, -0.15) is 23.4 Å². The summed E-state index contributed by atoms with van der Waals surface area (Å²) >= 11 is 0. The zero-order valence-electron chi connectivity index (χ0n) is 12.4. The van der Waals surface area contributed by atoms with Gasteiger partial charge in [-0.1, -0.05) is 19.1 Å². The molecule has 0 fully saturated rings. The van der Waals surface area contributed by atoms with Gasteiger partial charge in [-0.05, 0) is 48.9 Å². The third-order valence-electron chi connectivity index (χ3n) is 3.89. The molecule has 7 heteroatoms. The van der Waals surface area contributed by atoms with Crippen LogP contribution in [0.15, 0.2) is 30.3 Å². The van der Waals surface area contributed by atoms with Gasteiger partial charge in [-0.15, -0.1) is 24.8 Å². The lowest BCUT2D eigenvalue weighted by atomic mass is 9.88. The summed E-state index contributed by atoms with van der Waals surface area (Å²) in [5.41, 5.74) is 2.39. The lowest BCUT2D eigenvalue weighted by Crippen LogP contribution is -2.14. The van der Waals surface area contributed by atoms with Crippen LogP contribution in [0, 0.1) is 5.92 Å². The largest absolute Gasteiger partial charge is 0.416 e. The molecular formula is C16H17Cl2F3N2. The van der Waals surface area contributed by atoms with Crippen molar-refractivity contribution in [3.05, 3.63) is 47.2 Å². The minimum absolute atomic E-state index is 0. The lowest BCUT2D eigenvalue weighted by Gasteiger charge is -2.20. The van der Waals surface area contributed by atoms with E-state index in [9.17, 15) is 13.2 Å². The molecule has 0 saturated carbocycles. The maximum atomic E-state index is 12.8. The van der Waals surface area contributed by atoms with Crippen molar-refractivity contribution in [3.63, 3.8) is 0 Å². The van der Waals surface area contributed by atoms with Gasteiger partial charge < -0.3 is 0 Å². The number of benzene rings is 1. The predicted molar refractivity (Wildman–Crippen MR) is 88.2 cm³/mol. The molecule has 1 heterocycles. The summed E-state index contributed by atoms with van der Waals surface area (Å²) in [6, 6.07) is 7.11. The van der Waals surface area contributed by atoms with Crippen molar-refractivity contribution in [2.24, 2.45) is 5.92 Å². The van der Waals surface area contributed by atoms with Crippen LogP contribution in [0.25, 0.3) is 11.3 Å². The van der Waals surface area contributed by atoms with Crippen molar-refractivity contribution in [2.75, 3.05) is 0 Å². The number of nitrogens with zero attached hydrogens (tertiary/aromatic N) is 2. The van der Waals surface area contributed by atoms with Gasteiger partial charge in [0.15, 0.2) is 0 Å². The zero-order valence-corrected chi connectivity index (χ0v) is 14.1. The summed E-state index contributed by atoms with van der Waals surface area (Å²) in [7, 11) is 0. The quantitative estimate of drug-likeness (QED) is 0.700. The summed E-state index contributed by atoms with van der Waals surface area (Å²) in [5, 5.41) is 8.31. The van der Waals surface area contributed by atoms with E-state index < -0.39 is 11.7 Å². The molecule has 1 aliphatic carbocycles. The Morgan fingerprint density at radius 2 is 1.83 bits per heavy atom. The molecule has 2 aromatic rings. The number of alkyl halides is 3. The fraction of sp³-hybridized carbons (Fsp3) is 0.375. The molecule has 3 rings (SSSR count). The molecule has 1 unspecified atom stereocenters. The molecule has 0 radical (unpaired) electrons. The molecule has 1 atom stereocenters. The maximum absolute atomic E-state index is 12.8. The van der Waals surface area contributed by atoms with Crippen LogP contribution in [-0.2, 0) is 19.0 Å². The summed E-state index contributed by atoms with van der Waals surface area (Å²) in [6.45, 7) is 2.17. The van der Waals surface area contributed by atoms with E-state index in [-0.39, 0.29) is 24.8 Å². The molecule has 0 aliphatic heterocycles. The summed E-state index contributed by atoms with van der Waals surface area (Å²) in [6.07, 6.45) is -1.45. The minimum atomic E-state index is -4.34. The number of hydrogen-bond acceptors (Lipinski definition) is 2. The first-order chi connectivity index (χ1) is 9.93. The highest BCUT2D eigenvalue weighted by atomic mass is 35.5. The van der Waals surface area contributed by atoms with Gasteiger partial charge in [-0.3, -0.25) is 0 Å². The highest BCUT2D eigenvalue weighted by molar-refractivity contribution is 5.85. The van der Waals surface area contributed by atoms with Gasteiger partial charge in [-0.25, -0.2) is 0 Å². The molecule has 23 heavy (non-hydrogen) atoms. The fourth-order valence-corrected chi connectivity index (χ4v) is 2.67. The molecule has 0 bridgehead atoms. The maximum Gasteiger partial charge on any atom is 0.416 e. The molecule has 1 aromatic heterocycles. The predicted octanol–water partition coefficient (Wildman–Crippen LogP) is 5.13. The number of rotatable bonds is 1. The van der Waals surface area contributed by atoms with Crippen LogP contribution in [0.2, 0.25) is 0 Å². The molecule has 0 spiro atoms. The highest BCUT2D eigenvalue weighted by Crippen LogP contribution is 2.32. The topological polar surface area (TPSA) is 25.8 Å². The van der Waals surface area contributed by atoms with E-state index in [1.807, 2.05) is 6.07 Å². The summed E-state index contributed by atoms with van der Waals surface area (Å²) in [5.74, 6) is 0.589. The van der Waals surface area contributed by atoms with Crippen LogP contribution < -0.4 is 0 Å². The van der Waals surface area contributed by atoms with E-state index in [2.05, 4.69) is 17.1 Å². The van der Waals surface area contributed by atoms with Gasteiger partial charge in [0, 0.05) is 5.56 Å². The van der Waals surface area contributed by atoms with E-state index in [1.165, 1.54) is 6.07 Å². The Balaban J connectivity index is 0.00000132. The second-order valence-electron chi connectivity index (χ2n) is 5.63. The Kier molecular flexibility index (Phi) is 6.42. The second kappa shape index (κ2) is 7.49. The molecule has 0 saturated heterocycles. The zero-order chi connectivity index (χ0) is 15.0. The fourth-order valence-electron chi connectivity index (χ4n) is 2.67. The lowest BCUT2D eigenvalue weighted by molar-refractivity contribution is -0.137. The van der Waals surface area contributed by atoms with Gasteiger partial charge in [0.1, 0.15) is 0 Å². The molecule has 2 nitrogen and oxygen atoms in total. The number of aryl methyl sites for hydroxylation is 1. The number of halogens is 5. The van der Waals surface area contributed by atoms with E-state index in [0.717, 1.165) is 42.7 Å². The Morgan fingerprint density at radius 3 is 2.52 bits per heavy atom. The summed E-state index contributed by atoms with van der Waals surface area (Å²) in [4.78, 5) is 0. The number of hydrogen-bond donors (Lipinski definition) is 0. The smallest absolute Gasteiger partial charge is 0.166 e. The average Bonchev–Trinajstić information content (AvgIpc) is 2.46. The Hall–Kier alpha value is -1.33. The molecule has 126 valence electrons. The van der Waals surface area contributed by atoms with E-state index in [4.69, 9.17) is 0 Å². The van der Waals surface area contributed by atoms with Gasteiger partial charge in [0.25, 0.3) is 0 Å². The van der Waals surface area contributed by atoms with Gasteiger partial charge in [0.2, 0.25) is 0 Å². The van der Waals surface area contributed by atoms with Crippen LogP contribution in [0.5, 0.6) is 0 Å². The van der Waals surface area contributed by atoms with E-state index >= 15 is 0 Å². The Bertz CT molecular complexity index is 675. The third kappa shape index (κ3) is 4.36. The van der Waals surface area contributed by atoms with Crippen molar-refractivity contribution in [3.8, 4) is 11.3 Å². The first kappa shape index (κ1) is 19.7. The van der Waals surface area contributed by atoms with Crippen molar-refractivity contribution >= 4 is 24.8 Å². The summed E-state index contributed by atoms with van der Waals surface area (Å²) < 4.78 is 38.3. The van der Waals surface area contributed by atoms with Crippen LogP contribution in [0.3, 0.4) is 0 Å². The third-order valence-corrected chi connectivity index (χ3v) is 3.89. The van der Waals surface area contributed by atoms with Crippen LogP contribution in [0.4, 0.5) is 13.2 Å². The van der Waals surface area contributed by atoms with Crippen LogP contribution in [-0.4, -0.2) is 10.2 Å². The van der Waals surface area contributed by atoms with Gasteiger partial charge >= 0.3 is 6.18 Å². The minimum Gasteiger partial charge on any atom is -0.166 e. The monoisotopic (exact) mass is 364 g/mol. The first-order valence-electron chi connectivity index (χ1n) is 6.96. The van der Waals surface area contributed by atoms with E-state index in [1.54, 1.807) is 6.07 Å². The molecular weight excluding hydrogens is 348 g/mol. The van der Waals surface area contributed by atoms with Crippen LogP contribution >= 0.6 is 24.8 Å².